The van der Waals surface area contributed by atoms with Gasteiger partial charge >= 0.3 is 0 Å². The first-order valence-electron chi connectivity index (χ1n) is 8.80. The maximum absolute atomic E-state index is 5.93. The molecule has 0 unspecified atom stereocenters. The number of anilines is 2. The van der Waals surface area contributed by atoms with Crippen molar-refractivity contribution in [3.05, 3.63) is 35.5 Å². The summed E-state index contributed by atoms with van der Waals surface area (Å²) in [6.45, 7) is 2.94. The highest BCUT2D eigenvalue weighted by atomic mass is 16.5. The van der Waals surface area contributed by atoms with Crippen LogP contribution in [-0.2, 0) is 6.42 Å². The molecule has 6 heteroatoms. The van der Waals surface area contributed by atoms with E-state index in [9.17, 15) is 0 Å². The minimum atomic E-state index is 0.174. The van der Waals surface area contributed by atoms with Crippen LogP contribution in [0, 0.1) is 0 Å². The molecule has 0 atom stereocenters. The lowest BCUT2D eigenvalue weighted by Gasteiger charge is -2.13. The highest BCUT2D eigenvalue weighted by Crippen LogP contribution is 2.27. The molecular formula is C19H28N4O2. The van der Waals surface area contributed by atoms with Gasteiger partial charge in [-0.05, 0) is 24.6 Å². The summed E-state index contributed by atoms with van der Waals surface area (Å²) in [4.78, 5) is 8.02. The average Bonchev–Trinajstić information content (AvgIpc) is 2.60. The third kappa shape index (κ3) is 5.81. The molecule has 0 saturated carbocycles. The number of ether oxygens (including phenoxy) is 2. The molecule has 2 rings (SSSR count). The van der Waals surface area contributed by atoms with Gasteiger partial charge in [-0.3, -0.25) is 0 Å². The quantitative estimate of drug-likeness (QED) is 0.639. The van der Waals surface area contributed by atoms with Gasteiger partial charge in [-0.25, -0.2) is 4.98 Å². The summed E-state index contributed by atoms with van der Waals surface area (Å²) in [7, 11) is 1.65. The molecule has 25 heavy (non-hydrogen) atoms. The van der Waals surface area contributed by atoms with Crippen molar-refractivity contribution in [1.82, 2.24) is 9.97 Å². The van der Waals surface area contributed by atoms with E-state index in [2.05, 4.69) is 16.9 Å². The van der Waals surface area contributed by atoms with Crippen LogP contribution in [0.3, 0.4) is 0 Å². The third-order valence-corrected chi connectivity index (χ3v) is 4.07. The van der Waals surface area contributed by atoms with E-state index in [0.717, 1.165) is 35.7 Å². The minimum Gasteiger partial charge on any atom is -0.496 e. The monoisotopic (exact) mass is 344 g/mol. The number of nitrogen functional groups attached to an aromatic ring is 2. The first-order valence-corrected chi connectivity index (χ1v) is 8.80. The van der Waals surface area contributed by atoms with E-state index in [-0.39, 0.29) is 5.95 Å². The zero-order chi connectivity index (χ0) is 18.1. The molecule has 0 radical (unpaired) electrons. The van der Waals surface area contributed by atoms with E-state index in [1.807, 2.05) is 18.2 Å². The number of hydrogen-bond donors (Lipinski definition) is 2. The van der Waals surface area contributed by atoms with Gasteiger partial charge < -0.3 is 20.9 Å². The Morgan fingerprint density at radius 3 is 2.56 bits per heavy atom. The molecule has 1 aromatic carbocycles. The molecule has 0 aliphatic rings. The van der Waals surface area contributed by atoms with Crippen LogP contribution in [0.5, 0.6) is 11.5 Å². The van der Waals surface area contributed by atoms with Crippen molar-refractivity contribution in [2.45, 2.75) is 45.4 Å². The summed E-state index contributed by atoms with van der Waals surface area (Å²) in [6, 6.07) is 5.83. The second-order valence-electron chi connectivity index (χ2n) is 6.05. The number of benzene rings is 1. The van der Waals surface area contributed by atoms with Crippen molar-refractivity contribution < 1.29 is 9.47 Å². The van der Waals surface area contributed by atoms with Crippen LogP contribution in [0.2, 0.25) is 0 Å². The third-order valence-electron chi connectivity index (χ3n) is 4.07. The van der Waals surface area contributed by atoms with Crippen LogP contribution in [-0.4, -0.2) is 23.7 Å². The first kappa shape index (κ1) is 18.8. The summed E-state index contributed by atoms with van der Waals surface area (Å²) in [5.74, 6) is 2.18. The van der Waals surface area contributed by atoms with E-state index >= 15 is 0 Å². The van der Waals surface area contributed by atoms with Gasteiger partial charge in [-0.1, -0.05) is 32.6 Å². The highest BCUT2D eigenvalue weighted by Gasteiger charge is 2.10. The largest absolute Gasteiger partial charge is 0.496 e. The van der Waals surface area contributed by atoms with Gasteiger partial charge in [0.2, 0.25) is 5.95 Å². The smallest absolute Gasteiger partial charge is 0.221 e. The number of nitrogens with two attached hydrogens (primary N) is 2. The van der Waals surface area contributed by atoms with Gasteiger partial charge in [0.1, 0.15) is 17.3 Å². The Balaban J connectivity index is 2.01. The van der Waals surface area contributed by atoms with Crippen molar-refractivity contribution in [3.63, 3.8) is 0 Å². The fourth-order valence-corrected chi connectivity index (χ4v) is 2.65. The van der Waals surface area contributed by atoms with E-state index in [0.29, 0.717) is 12.2 Å². The number of hydrogen-bond acceptors (Lipinski definition) is 6. The SMILES string of the molecule is CCCCCCCOc1ccc(OC)c(Cc2cnc(N)nc2N)c1. The fourth-order valence-electron chi connectivity index (χ4n) is 2.65. The Morgan fingerprint density at radius 1 is 1.04 bits per heavy atom. The van der Waals surface area contributed by atoms with E-state index in [1.54, 1.807) is 13.3 Å². The van der Waals surface area contributed by atoms with Crippen molar-refractivity contribution in [2.75, 3.05) is 25.2 Å². The second kappa shape index (κ2) is 9.71. The molecule has 0 aliphatic heterocycles. The molecule has 0 aliphatic carbocycles. The average molecular weight is 344 g/mol. The topological polar surface area (TPSA) is 96.3 Å². The zero-order valence-corrected chi connectivity index (χ0v) is 15.1. The molecule has 136 valence electrons. The first-order chi connectivity index (χ1) is 12.1. The Kier molecular flexibility index (Phi) is 7.32. The van der Waals surface area contributed by atoms with Gasteiger partial charge in [-0.15, -0.1) is 0 Å². The van der Waals surface area contributed by atoms with Crippen molar-refractivity contribution >= 4 is 11.8 Å². The number of methoxy groups -OCH3 is 1. The molecular weight excluding hydrogens is 316 g/mol. The van der Waals surface area contributed by atoms with Crippen LogP contribution in [0.15, 0.2) is 24.4 Å². The fraction of sp³-hybridized carbons (Fsp3) is 0.474. The lowest BCUT2D eigenvalue weighted by molar-refractivity contribution is 0.303. The van der Waals surface area contributed by atoms with Crippen molar-refractivity contribution in [1.29, 1.82) is 0 Å². The van der Waals surface area contributed by atoms with E-state index in [4.69, 9.17) is 20.9 Å². The molecule has 2 aromatic rings. The van der Waals surface area contributed by atoms with Crippen LogP contribution in [0.25, 0.3) is 0 Å². The molecule has 1 heterocycles. The Hall–Kier alpha value is -2.50. The standard InChI is InChI=1S/C19H28N4O2/c1-3-4-5-6-7-10-25-16-8-9-17(24-2)14(12-16)11-15-13-22-19(21)23-18(15)20/h8-9,12-13H,3-7,10-11H2,1-2H3,(H4,20,21,22,23). The number of rotatable bonds is 10. The number of aromatic nitrogens is 2. The molecule has 0 fully saturated rings. The van der Waals surface area contributed by atoms with Gasteiger partial charge in [-0.2, -0.15) is 4.98 Å². The number of nitrogens with zero attached hydrogens (tertiary/aromatic N) is 2. The van der Waals surface area contributed by atoms with Crippen LogP contribution in [0.1, 0.15) is 50.2 Å². The Labute approximate surface area is 149 Å². The Morgan fingerprint density at radius 2 is 1.84 bits per heavy atom. The summed E-state index contributed by atoms with van der Waals surface area (Å²) < 4.78 is 11.3. The second-order valence-corrected chi connectivity index (χ2v) is 6.05. The van der Waals surface area contributed by atoms with Crippen molar-refractivity contribution in [2.24, 2.45) is 0 Å². The maximum Gasteiger partial charge on any atom is 0.221 e. The lowest BCUT2D eigenvalue weighted by atomic mass is 10.1. The predicted octanol–water partition coefficient (Wildman–Crippen LogP) is 3.59. The van der Waals surface area contributed by atoms with Gasteiger partial charge in [0.25, 0.3) is 0 Å². The van der Waals surface area contributed by atoms with E-state index in [1.165, 1.54) is 25.7 Å². The highest BCUT2D eigenvalue weighted by molar-refractivity contribution is 5.48. The van der Waals surface area contributed by atoms with Crippen LogP contribution < -0.4 is 20.9 Å². The van der Waals surface area contributed by atoms with Gasteiger partial charge in [0.15, 0.2) is 0 Å². The summed E-state index contributed by atoms with van der Waals surface area (Å²) in [5.41, 5.74) is 13.3. The zero-order valence-electron chi connectivity index (χ0n) is 15.1. The summed E-state index contributed by atoms with van der Waals surface area (Å²) in [5, 5.41) is 0. The summed E-state index contributed by atoms with van der Waals surface area (Å²) in [6.07, 6.45) is 8.29. The molecule has 0 bridgehead atoms. The van der Waals surface area contributed by atoms with Crippen molar-refractivity contribution in [3.8, 4) is 11.5 Å². The minimum absolute atomic E-state index is 0.174. The molecule has 0 saturated heterocycles. The van der Waals surface area contributed by atoms with Gasteiger partial charge in [0.05, 0.1) is 13.7 Å². The molecule has 0 amide bonds. The lowest BCUT2D eigenvalue weighted by Crippen LogP contribution is -2.05. The predicted molar refractivity (Wildman–Crippen MR) is 101 cm³/mol. The van der Waals surface area contributed by atoms with E-state index < -0.39 is 0 Å². The molecule has 1 aromatic heterocycles. The maximum atomic E-state index is 5.93. The Bertz CT molecular complexity index is 676. The molecule has 6 nitrogen and oxygen atoms in total. The van der Waals surface area contributed by atoms with Crippen LogP contribution >= 0.6 is 0 Å². The number of unbranched alkanes of at least 4 members (excludes halogenated alkanes) is 4. The normalized spacial score (nSPS) is 10.6. The molecule has 4 N–H and O–H groups in total. The summed E-state index contributed by atoms with van der Waals surface area (Å²) >= 11 is 0. The van der Waals surface area contributed by atoms with Gasteiger partial charge in [0, 0.05) is 23.7 Å². The molecule has 0 spiro atoms. The van der Waals surface area contributed by atoms with Crippen LogP contribution in [0.4, 0.5) is 11.8 Å².